The SMILES string of the molecule is C[C@H](Oc1cc(N2CCC(N(C)C(=O)OC(C)(C)C)C2)nc(C(N)=C2CCC[C@@]3(CCCCC3=O)C2=O)n1)[C@@H]1CCCN1C. The highest BCUT2D eigenvalue weighted by Crippen LogP contribution is 2.45. The fourth-order valence-corrected chi connectivity index (χ4v) is 7.37. The molecule has 1 spiro atoms. The van der Waals surface area contributed by atoms with Crippen molar-refractivity contribution in [2.75, 3.05) is 38.6 Å². The predicted molar refractivity (Wildman–Crippen MR) is 168 cm³/mol. The highest BCUT2D eigenvalue weighted by atomic mass is 16.6. The van der Waals surface area contributed by atoms with Crippen LogP contribution in [0.15, 0.2) is 11.6 Å². The fourth-order valence-electron chi connectivity index (χ4n) is 7.37. The lowest BCUT2D eigenvalue weighted by Crippen LogP contribution is -2.45. The van der Waals surface area contributed by atoms with Gasteiger partial charge >= 0.3 is 6.09 Å². The molecule has 5 rings (SSSR count). The second-order valence-electron chi connectivity index (χ2n) is 14.2. The summed E-state index contributed by atoms with van der Waals surface area (Å²) >= 11 is 0. The van der Waals surface area contributed by atoms with Crippen LogP contribution in [0.4, 0.5) is 10.6 Å². The Bertz CT molecular complexity index is 1300. The Morgan fingerprint density at radius 1 is 1.09 bits per heavy atom. The Labute approximate surface area is 261 Å². The summed E-state index contributed by atoms with van der Waals surface area (Å²) in [6.45, 7) is 9.88. The van der Waals surface area contributed by atoms with Crippen LogP contribution in [0.25, 0.3) is 5.70 Å². The van der Waals surface area contributed by atoms with Gasteiger partial charge in [-0.2, -0.15) is 4.98 Å². The summed E-state index contributed by atoms with van der Waals surface area (Å²) < 4.78 is 12.0. The highest BCUT2D eigenvalue weighted by molar-refractivity contribution is 6.17. The Kier molecular flexibility index (Phi) is 9.26. The molecule has 4 aliphatic rings. The van der Waals surface area contributed by atoms with Crippen LogP contribution >= 0.6 is 0 Å². The van der Waals surface area contributed by atoms with Gasteiger partial charge in [0.25, 0.3) is 0 Å². The number of carbonyl (C=O) groups is 3. The van der Waals surface area contributed by atoms with E-state index >= 15 is 0 Å². The minimum atomic E-state index is -0.955. The number of likely N-dealkylation sites (N-methyl/N-ethyl adjacent to an activating group) is 2. The lowest BCUT2D eigenvalue weighted by Gasteiger charge is -2.38. The Morgan fingerprint density at radius 2 is 1.84 bits per heavy atom. The summed E-state index contributed by atoms with van der Waals surface area (Å²) in [7, 11) is 3.88. The predicted octanol–water partition coefficient (Wildman–Crippen LogP) is 4.34. The number of nitrogens with zero attached hydrogens (tertiary/aromatic N) is 5. The van der Waals surface area contributed by atoms with E-state index in [1.54, 1.807) is 11.9 Å². The number of anilines is 1. The summed E-state index contributed by atoms with van der Waals surface area (Å²) in [5, 5.41) is 0. The van der Waals surface area contributed by atoms with E-state index in [0.717, 1.165) is 45.1 Å². The van der Waals surface area contributed by atoms with Gasteiger partial charge in [-0.1, -0.05) is 6.42 Å². The van der Waals surface area contributed by atoms with Gasteiger partial charge in [0.15, 0.2) is 11.6 Å². The maximum Gasteiger partial charge on any atom is 0.410 e. The molecular weight excluding hydrogens is 560 g/mol. The van der Waals surface area contributed by atoms with Crippen molar-refractivity contribution in [1.82, 2.24) is 19.8 Å². The third kappa shape index (κ3) is 6.57. The van der Waals surface area contributed by atoms with Gasteiger partial charge in [0.2, 0.25) is 5.88 Å². The van der Waals surface area contributed by atoms with E-state index in [-0.39, 0.29) is 47.4 Å². The van der Waals surface area contributed by atoms with E-state index in [0.29, 0.717) is 56.0 Å². The van der Waals surface area contributed by atoms with Crippen LogP contribution in [0, 0.1) is 5.41 Å². The van der Waals surface area contributed by atoms with Gasteiger partial charge in [0, 0.05) is 44.2 Å². The molecule has 4 fully saturated rings. The van der Waals surface area contributed by atoms with Crippen molar-refractivity contribution in [1.29, 1.82) is 0 Å². The van der Waals surface area contributed by atoms with Gasteiger partial charge < -0.3 is 25.0 Å². The first-order chi connectivity index (χ1) is 20.8. The van der Waals surface area contributed by atoms with Crippen molar-refractivity contribution in [3.8, 4) is 5.88 Å². The minimum absolute atomic E-state index is 0.0455. The van der Waals surface area contributed by atoms with Crippen molar-refractivity contribution in [2.24, 2.45) is 11.1 Å². The summed E-state index contributed by atoms with van der Waals surface area (Å²) in [6, 6.07) is 2.03. The molecule has 2 saturated heterocycles. The third-order valence-electron chi connectivity index (χ3n) is 9.93. The van der Waals surface area contributed by atoms with Crippen LogP contribution in [-0.4, -0.2) is 94.9 Å². The van der Waals surface area contributed by atoms with Crippen LogP contribution in [0.3, 0.4) is 0 Å². The molecule has 0 bridgehead atoms. The van der Waals surface area contributed by atoms with E-state index in [1.807, 2.05) is 26.8 Å². The van der Waals surface area contributed by atoms with Crippen molar-refractivity contribution >= 4 is 29.2 Å². The number of Topliss-reactive ketones (excluding diaryl/α,β-unsaturated/α-hetero) is 2. The largest absolute Gasteiger partial charge is 0.473 e. The van der Waals surface area contributed by atoms with Gasteiger partial charge in [-0.3, -0.25) is 14.5 Å². The van der Waals surface area contributed by atoms with Crippen LogP contribution in [0.2, 0.25) is 0 Å². The number of nitrogens with two attached hydrogens (primary N) is 1. The fraction of sp³-hybridized carbons (Fsp3) is 0.727. The number of allylic oxidation sites excluding steroid dienone is 1. The van der Waals surface area contributed by atoms with E-state index in [9.17, 15) is 14.4 Å². The molecule has 4 atom stereocenters. The molecule has 2 N–H and O–H groups in total. The maximum absolute atomic E-state index is 13.9. The summed E-state index contributed by atoms with van der Waals surface area (Å²) in [6.07, 6.45) is 7.00. The second-order valence-corrected chi connectivity index (χ2v) is 14.2. The van der Waals surface area contributed by atoms with Gasteiger partial charge in [0.05, 0.1) is 17.2 Å². The molecule has 242 valence electrons. The molecule has 2 aliphatic carbocycles. The summed E-state index contributed by atoms with van der Waals surface area (Å²) in [5.41, 5.74) is 5.91. The van der Waals surface area contributed by atoms with E-state index < -0.39 is 11.0 Å². The standard InChI is InChI=1S/C33H50N6O5/c1-21(24-12-10-17-37(24)5)43-27-19-26(39-18-14-22(20-39)38(6)31(42)44-32(2,3)4)35-30(36-27)28(34)23-11-9-16-33(29(23)41)15-8-7-13-25(33)40/h19,21-22,24H,7-18,20,34H2,1-6H3/t21-,22?,24-,33+/m0/s1. The number of hydrogen-bond acceptors (Lipinski definition) is 10. The first kappa shape index (κ1) is 32.2. The molecule has 1 amide bonds. The molecule has 1 aromatic heterocycles. The molecule has 3 heterocycles. The number of aromatic nitrogens is 2. The number of ketones is 2. The molecule has 1 aromatic rings. The Hall–Kier alpha value is -3.21. The number of hydrogen-bond donors (Lipinski definition) is 1. The summed E-state index contributed by atoms with van der Waals surface area (Å²) in [4.78, 5) is 55.4. The minimum Gasteiger partial charge on any atom is -0.473 e. The Balaban J connectivity index is 1.45. The van der Waals surface area contributed by atoms with Crippen LogP contribution in [0.5, 0.6) is 5.88 Å². The highest BCUT2D eigenvalue weighted by Gasteiger charge is 2.49. The molecule has 2 aliphatic heterocycles. The van der Waals surface area contributed by atoms with Gasteiger partial charge in [-0.15, -0.1) is 0 Å². The molecule has 11 heteroatoms. The van der Waals surface area contributed by atoms with Crippen LogP contribution < -0.4 is 15.4 Å². The average molecular weight is 611 g/mol. The Morgan fingerprint density at radius 3 is 2.52 bits per heavy atom. The molecule has 11 nitrogen and oxygen atoms in total. The van der Waals surface area contributed by atoms with E-state index in [2.05, 4.69) is 23.8 Å². The normalized spacial score (nSPS) is 28.4. The van der Waals surface area contributed by atoms with E-state index in [1.165, 1.54) is 0 Å². The smallest absolute Gasteiger partial charge is 0.410 e. The molecule has 44 heavy (non-hydrogen) atoms. The lowest BCUT2D eigenvalue weighted by molar-refractivity contribution is -0.143. The molecule has 2 saturated carbocycles. The maximum atomic E-state index is 13.9. The molecule has 0 radical (unpaired) electrons. The second kappa shape index (κ2) is 12.7. The topological polar surface area (TPSA) is 131 Å². The van der Waals surface area contributed by atoms with Gasteiger partial charge in [-0.25, -0.2) is 9.78 Å². The van der Waals surface area contributed by atoms with E-state index in [4.69, 9.17) is 25.2 Å². The van der Waals surface area contributed by atoms with Crippen LogP contribution in [-0.2, 0) is 14.3 Å². The quantitative estimate of drug-likeness (QED) is 0.367. The number of ether oxygens (including phenoxy) is 2. The number of amides is 1. The van der Waals surface area contributed by atoms with Crippen molar-refractivity contribution in [3.63, 3.8) is 0 Å². The van der Waals surface area contributed by atoms with Gasteiger partial charge in [0.1, 0.15) is 23.3 Å². The van der Waals surface area contributed by atoms with Crippen molar-refractivity contribution in [3.05, 3.63) is 17.5 Å². The first-order valence-electron chi connectivity index (χ1n) is 16.3. The summed E-state index contributed by atoms with van der Waals surface area (Å²) in [5.74, 6) is 1.18. The first-order valence-corrected chi connectivity index (χ1v) is 16.3. The average Bonchev–Trinajstić information content (AvgIpc) is 3.64. The zero-order valence-corrected chi connectivity index (χ0v) is 27.4. The van der Waals surface area contributed by atoms with Crippen LogP contribution in [0.1, 0.15) is 97.7 Å². The number of likely N-dealkylation sites (tertiary alicyclic amines) is 1. The molecular formula is C33H50N6O5. The number of carbonyl (C=O) groups excluding carboxylic acids is 3. The van der Waals surface area contributed by atoms with Crippen molar-refractivity contribution < 1.29 is 23.9 Å². The molecule has 0 aromatic carbocycles. The zero-order valence-electron chi connectivity index (χ0n) is 27.4. The number of rotatable bonds is 6. The molecule has 1 unspecified atom stereocenters. The monoisotopic (exact) mass is 610 g/mol. The lowest BCUT2D eigenvalue weighted by atomic mass is 9.62. The van der Waals surface area contributed by atoms with Gasteiger partial charge in [-0.05, 0) is 92.7 Å². The van der Waals surface area contributed by atoms with Crippen molar-refractivity contribution in [2.45, 2.75) is 116 Å². The zero-order chi connectivity index (χ0) is 31.8. The third-order valence-corrected chi connectivity index (χ3v) is 9.93.